The number of allylic oxidation sites excluding steroid dienone is 1. The van der Waals surface area contributed by atoms with E-state index in [0.717, 1.165) is 0 Å². The van der Waals surface area contributed by atoms with Gasteiger partial charge in [-0.05, 0) is 6.08 Å². The van der Waals surface area contributed by atoms with Gasteiger partial charge in [0.2, 0.25) is 0 Å². The van der Waals surface area contributed by atoms with Crippen molar-refractivity contribution in [2.24, 2.45) is 4.99 Å². The van der Waals surface area contributed by atoms with E-state index in [0.29, 0.717) is 0 Å². The Balaban J connectivity index is 2.67. The van der Waals surface area contributed by atoms with Crippen LogP contribution in [0.2, 0.25) is 0 Å². The molecule has 0 bridgehead atoms. The second kappa shape index (κ2) is 0.412. The monoisotopic (exact) mass is 53.0 g/mol. The van der Waals surface area contributed by atoms with Gasteiger partial charge in [-0.15, -0.1) is 0 Å². The normalized spacial score (nSPS) is 16.0. The Kier molecular flexibility index (Phi) is 0.175. The highest BCUT2D eigenvalue weighted by molar-refractivity contribution is 5.76. The molecule has 0 saturated carbocycles. The molecular weight excluding hydrogens is 50.0 g/mol. The van der Waals surface area contributed by atoms with Gasteiger partial charge in [-0.3, -0.25) is 4.99 Å². The van der Waals surface area contributed by atoms with Crippen LogP contribution in [0.4, 0.5) is 0 Å². The molecule has 1 heterocycles. The van der Waals surface area contributed by atoms with Gasteiger partial charge >= 0.3 is 0 Å². The second-order valence-corrected chi connectivity index (χ2v) is 0.640. The molecule has 0 N–H and O–H groups in total. The van der Waals surface area contributed by atoms with Crippen molar-refractivity contribution in [3.05, 3.63) is 12.3 Å². The summed E-state index contributed by atoms with van der Waals surface area (Å²) in [5.74, 6) is 0. The van der Waals surface area contributed by atoms with Gasteiger partial charge in [0.15, 0.2) is 0 Å². The predicted octanol–water partition coefficient (Wildman–Crippen LogP) is 0.585. The quantitative estimate of drug-likeness (QED) is 0.383. The number of hydrogen-bond acceptors (Lipinski definition) is 1. The fourth-order valence-corrected chi connectivity index (χ4v) is 0.0861. The molecule has 0 saturated heterocycles. The largest absolute Gasteiger partial charge is 0.265 e. The van der Waals surface area contributed by atoms with E-state index in [9.17, 15) is 0 Å². The molecule has 0 atom stereocenters. The van der Waals surface area contributed by atoms with Crippen molar-refractivity contribution >= 4 is 6.21 Å². The van der Waals surface area contributed by atoms with Crippen LogP contribution in [0.3, 0.4) is 0 Å². The minimum absolute atomic E-state index is 1.75. The van der Waals surface area contributed by atoms with E-state index in [2.05, 4.69) is 4.99 Å². The Hall–Kier alpha value is -0.590. The first-order chi connectivity index (χ1) is 2.00. The van der Waals surface area contributed by atoms with E-state index < -0.39 is 0 Å². The third-order valence-electron chi connectivity index (χ3n) is 0.344. The Morgan fingerprint density at radius 1 is 1.50 bits per heavy atom. The number of aliphatic imine (C=N–C) groups is 1. The average molecular weight is 53.1 g/mol. The van der Waals surface area contributed by atoms with E-state index in [1.165, 1.54) is 0 Å². The smallest absolute Gasteiger partial charge is 0.0283 e. The molecule has 1 aliphatic heterocycles. The molecule has 0 aromatic heterocycles. The predicted molar refractivity (Wildman–Crippen MR) is 17.6 cm³/mol. The lowest BCUT2D eigenvalue weighted by molar-refractivity contribution is 1.55. The molecule has 20 valence electrons. The summed E-state index contributed by atoms with van der Waals surface area (Å²) in [6.07, 6.45) is 5.39. The molecular formula is C3H3N. The molecule has 0 amide bonds. The van der Waals surface area contributed by atoms with Crippen molar-refractivity contribution in [3.8, 4) is 0 Å². The standard InChI is InChI=1S/C3H3N/c1-2-4-3-1/h1-3H. The van der Waals surface area contributed by atoms with Gasteiger partial charge in [-0.25, -0.2) is 0 Å². The molecule has 0 radical (unpaired) electrons. The molecule has 1 heteroatoms. The van der Waals surface area contributed by atoms with Gasteiger partial charge in [0.25, 0.3) is 0 Å². The molecule has 0 fully saturated rings. The molecule has 1 nitrogen and oxygen atoms in total. The van der Waals surface area contributed by atoms with Crippen molar-refractivity contribution in [2.45, 2.75) is 0 Å². The van der Waals surface area contributed by atoms with Crippen molar-refractivity contribution in [2.75, 3.05) is 0 Å². The van der Waals surface area contributed by atoms with Crippen LogP contribution in [0, 0.1) is 0 Å². The molecule has 1 aliphatic rings. The van der Waals surface area contributed by atoms with Crippen LogP contribution in [0.25, 0.3) is 0 Å². The topological polar surface area (TPSA) is 12.4 Å². The first kappa shape index (κ1) is 1.70. The fraction of sp³-hybridized carbons (Fsp3) is 0. The third kappa shape index (κ3) is 0.0204. The maximum atomic E-state index is 3.61. The summed E-state index contributed by atoms with van der Waals surface area (Å²) >= 11 is 0. The van der Waals surface area contributed by atoms with E-state index in [-0.39, 0.29) is 0 Å². The highest BCUT2D eigenvalue weighted by Crippen LogP contribution is 1.78. The first-order valence-corrected chi connectivity index (χ1v) is 1.18. The lowest BCUT2D eigenvalue weighted by Crippen LogP contribution is -1.67. The zero-order valence-corrected chi connectivity index (χ0v) is 2.18. The fourth-order valence-electron chi connectivity index (χ4n) is 0.0861. The van der Waals surface area contributed by atoms with Crippen LogP contribution in [0.15, 0.2) is 17.3 Å². The SMILES string of the molecule is C1=CN=C1. The van der Waals surface area contributed by atoms with Crippen molar-refractivity contribution in [1.82, 2.24) is 0 Å². The van der Waals surface area contributed by atoms with Crippen LogP contribution in [0.5, 0.6) is 0 Å². The van der Waals surface area contributed by atoms with Gasteiger partial charge in [-0.2, -0.15) is 0 Å². The van der Waals surface area contributed by atoms with Crippen LogP contribution in [-0.2, 0) is 0 Å². The number of nitrogens with zero attached hydrogens (tertiary/aromatic N) is 1. The zero-order valence-electron chi connectivity index (χ0n) is 2.18. The lowest BCUT2D eigenvalue weighted by Gasteiger charge is -1.77. The summed E-state index contributed by atoms with van der Waals surface area (Å²) in [5.41, 5.74) is 0. The molecule has 4 heavy (non-hydrogen) atoms. The zero-order chi connectivity index (χ0) is 2.83. The van der Waals surface area contributed by atoms with Crippen LogP contribution < -0.4 is 0 Å². The third-order valence-corrected chi connectivity index (χ3v) is 0.344. The lowest BCUT2D eigenvalue weighted by atomic mass is 10.6. The summed E-state index contributed by atoms with van der Waals surface area (Å²) in [4.78, 5) is 3.61. The highest BCUT2D eigenvalue weighted by atomic mass is 14.7. The van der Waals surface area contributed by atoms with E-state index in [1.54, 1.807) is 12.4 Å². The molecule has 0 unspecified atom stereocenters. The summed E-state index contributed by atoms with van der Waals surface area (Å²) in [5, 5.41) is 0. The number of hydrogen-bond donors (Lipinski definition) is 0. The van der Waals surface area contributed by atoms with E-state index >= 15 is 0 Å². The Morgan fingerprint density at radius 3 is 1.75 bits per heavy atom. The first-order valence-electron chi connectivity index (χ1n) is 1.18. The Morgan fingerprint density at radius 2 is 1.75 bits per heavy atom. The highest BCUT2D eigenvalue weighted by Gasteiger charge is 1.66. The molecule has 0 aromatic carbocycles. The number of rotatable bonds is 0. The van der Waals surface area contributed by atoms with Gasteiger partial charge < -0.3 is 0 Å². The van der Waals surface area contributed by atoms with Gasteiger partial charge in [0.05, 0.1) is 0 Å². The molecule has 1 rings (SSSR count). The van der Waals surface area contributed by atoms with E-state index in [4.69, 9.17) is 0 Å². The van der Waals surface area contributed by atoms with Gasteiger partial charge in [0, 0.05) is 12.4 Å². The molecule has 0 spiro atoms. The molecule has 0 aromatic rings. The molecule has 0 aliphatic carbocycles. The summed E-state index contributed by atoms with van der Waals surface area (Å²) < 4.78 is 0. The maximum Gasteiger partial charge on any atom is 0.0283 e. The Labute approximate surface area is 24.7 Å². The van der Waals surface area contributed by atoms with Crippen molar-refractivity contribution in [1.29, 1.82) is 0 Å². The summed E-state index contributed by atoms with van der Waals surface area (Å²) in [6.45, 7) is 0. The van der Waals surface area contributed by atoms with Crippen LogP contribution in [-0.4, -0.2) is 6.21 Å². The van der Waals surface area contributed by atoms with Crippen LogP contribution in [0.1, 0.15) is 0 Å². The van der Waals surface area contributed by atoms with Crippen molar-refractivity contribution < 1.29 is 0 Å². The maximum absolute atomic E-state index is 3.61. The van der Waals surface area contributed by atoms with E-state index in [1.807, 2.05) is 6.08 Å². The minimum atomic E-state index is 1.75. The average Bonchev–Trinajstić information content (AvgIpc) is 0.722. The van der Waals surface area contributed by atoms with Crippen LogP contribution >= 0.6 is 0 Å². The summed E-state index contributed by atoms with van der Waals surface area (Å²) in [7, 11) is 0. The second-order valence-electron chi connectivity index (χ2n) is 0.640. The van der Waals surface area contributed by atoms with Gasteiger partial charge in [-0.1, -0.05) is 0 Å². The minimum Gasteiger partial charge on any atom is -0.265 e. The summed E-state index contributed by atoms with van der Waals surface area (Å²) in [6, 6.07) is 0. The Bertz CT molecular complexity index is 43.7. The van der Waals surface area contributed by atoms with Gasteiger partial charge in [0.1, 0.15) is 0 Å². The van der Waals surface area contributed by atoms with Crippen molar-refractivity contribution in [3.63, 3.8) is 0 Å².